The van der Waals surface area contributed by atoms with Gasteiger partial charge in [-0.15, -0.1) is 0 Å². The van der Waals surface area contributed by atoms with Gasteiger partial charge >= 0.3 is 17.9 Å². The zero-order valence-corrected chi connectivity index (χ0v) is 52.0. The Balaban J connectivity index is 0.972. The molecule has 4 aliphatic heterocycles. The first kappa shape index (κ1) is 69.1. The minimum absolute atomic E-state index is 0.0524. The molecule has 0 radical (unpaired) electrons. The maximum absolute atomic E-state index is 13.5. The lowest BCUT2D eigenvalue weighted by Gasteiger charge is -2.75. The summed E-state index contributed by atoms with van der Waals surface area (Å²) in [6.07, 6.45) is -39.0. The van der Waals surface area contributed by atoms with E-state index in [0.29, 0.717) is 50.5 Å². The Bertz CT molecular complexity index is 2620. The van der Waals surface area contributed by atoms with E-state index in [9.17, 15) is 91.0 Å². The highest BCUT2D eigenvalue weighted by Gasteiger charge is 2.86. The molecule has 10 rings (SSSR count). The van der Waals surface area contributed by atoms with Gasteiger partial charge in [0.05, 0.1) is 42.0 Å². The molecule has 89 heavy (non-hydrogen) atoms. The maximum atomic E-state index is 13.5. The van der Waals surface area contributed by atoms with Gasteiger partial charge in [0.1, 0.15) is 79.4 Å². The number of carbonyl (C=O) groups is 3. The maximum Gasteiger partial charge on any atom is 0.335 e. The third-order valence-corrected chi connectivity index (χ3v) is 24.3. The molecule has 4 heterocycles. The average Bonchev–Trinajstić information content (AvgIpc) is 1.57. The normalized spacial score (nSPS) is 53.5. The van der Waals surface area contributed by atoms with Crippen molar-refractivity contribution in [2.24, 2.45) is 56.2 Å². The van der Waals surface area contributed by atoms with Gasteiger partial charge in [0.15, 0.2) is 43.7 Å². The molecule has 2 bridgehead atoms. The van der Waals surface area contributed by atoms with Gasteiger partial charge in [-0.25, -0.2) is 9.59 Å². The van der Waals surface area contributed by atoms with Crippen LogP contribution in [0.5, 0.6) is 0 Å². The van der Waals surface area contributed by atoms with Gasteiger partial charge in [-0.1, -0.05) is 54.5 Å². The van der Waals surface area contributed by atoms with Gasteiger partial charge in [-0.2, -0.15) is 0 Å². The molecule has 6 saturated carbocycles. The number of hydrogen-bond donors (Lipinski definition) is 15. The van der Waals surface area contributed by atoms with E-state index in [-0.39, 0.29) is 24.7 Å². The Morgan fingerprint density at radius 3 is 1.85 bits per heavy atom. The standard InChI is InChI=1S/C61H96O28/c1-11-23(2)49(77)87-46-47(80-24(3)64)61-30(19-55(46,4)5)60(89-54(61)79)17-13-29-57(8)15-14-32(56(6,7)28(57)12-16-58(29,9)59(60,10)20-31(61)65)83-53-45(81-26-18-25(21-62)33(66)36(69)34(26)67)42(41(74)43(85-53)48(75)76)84-52-44(38(71)35(68)27(22-63)82-52)86-51-40(73)37(70)39(72)50(78)88-51/h11,25-47,50-54,62-63,65-74,78-79H,12-22H2,1-10H3,(H,75,76). The summed E-state index contributed by atoms with van der Waals surface area (Å²) < 4.78 is 62.5. The monoisotopic (exact) mass is 1280 g/mol. The number of fused-ring (bicyclic) bond motifs is 4. The smallest absolute Gasteiger partial charge is 0.335 e. The largest absolute Gasteiger partial charge is 0.479 e. The third-order valence-electron chi connectivity index (χ3n) is 24.3. The fraction of sp³-hybridized carbons (Fsp3) is 0.918. The van der Waals surface area contributed by atoms with Crippen molar-refractivity contribution in [2.75, 3.05) is 13.2 Å². The van der Waals surface area contributed by atoms with E-state index in [1.54, 1.807) is 19.9 Å². The summed E-state index contributed by atoms with van der Waals surface area (Å²) in [6.45, 7) is 17.4. The lowest BCUT2D eigenvalue weighted by atomic mass is 9.30. The van der Waals surface area contributed by atoms with E-state index in [0.717, 1.165) is 0 Å². The number of carboxylic acids is 1. The first-order chi connectivity index (χ1) is 41.5. The lowest BCUT2D eigenvalue weighted by molar-refractivity contribution is -0.404. The van der Waals surface area contributed by atoms with Crippen molar-refractivity contribution in [2.45, 2.75) is 280 Å². The molecule has 0 aromatic heterocycles. The quantitative estimate of drug-likeness (QED) is 0.0494. The topological polar surface area (TPSA) is 447 Å². The van der Waals surface area contributed by atoms with Crippen molar-refractivity contribution in [3.8, 4) is 0 Å². The number of rotatable bonds is 14. The van der Waals surface area contributed by atoms with E-state index in [1.165, 1.54) is 6.92 Å². The molecule has 33 unspecified atom stereocenters. The zero-order valence-electron chi connectivity index (χ0n) is 52.0. The fourth-order valence-electron chi connectivity index (χ4n) is 19.3. The lowest BCUT2D eigenvalue weighted by Crippen LogP contribution is -2.77. The Morgan fingerprint density at radius 1 is 0.584 bits per heavy atom. The molecular formula is C61H96O28. The predicted octanol–water partition coefficient (Wildman–Crippen LogP) is -2.29. The second-order valence-electron chi connectivity index (χ2n) is 29.4. The molecule has 33 atom stereocenters. The fourth-order valence-corrected chi connectivity index (χ4v) is 19.3. The molecule has 10 fully saturated rings. The van der Waals surface area contributed by atoms with Crippen molar-refractivity contribution in [1.82, 2.24) is 0 Å². The molecule has 4 saturated heterocycles. The molecule has 15 N–H and O–H groups in total. The molecule has 508 valence electrons. The summed E-state index contributed by atoms with van der Waals surface area (Å²) in [6, 6.07) is 0. The highest BCUT2D eigenvalue weighted by Crippen LogP contribution is 2.82. The van der Waals surface area contributed by atoms with Crippen molar-refractivity contribution >= 4 is 17.9 Å². The minimum Gasteiger partial charge on any atom is -0.479 e. The first-order valence-electron chi connectivity index (χ1n) is 31.4. The van der Waals surface area contributed by atoms with Crippen LogP contribution >= 0.6 is 0 Å². The second-order valence-corrected chi connectivity index (χ2v) is 29.4. The number of allylic oxidation sites excluding steroid dienone is 1. The summed E-state index contributed by atoms with van der Waals surface area (Å²) in [7, 11) is 0. The molecule has 0 aromatic rings. The minimum atomic E-state index is -2.28. The van der Waals surface area contributed by atoms with Crippen LogP contribution in [-0.4, -0.2) is 261 Å². The number of ether oxygens (including phenoxy) is 10. The van der Waals surface area contributed by atoms with Gasteiger partial charge in [0.25, 0.3) is 0 Å². The van der Waals surface area contributed by atoms with Crippen LogP contribution in [0.3, 0.4) is 0 Å². The van der Waals surface area contributed by atoms with Gasteiger partial charge in [-0.05, 0) is 99.7 Å². The number of carboxylic acid groups (broad SMARTS) is 1. The van der Waals surface area contributed by atoms with Crippen LogP contribution < -0.4 is 0 Å². The SMILES string of the molecule is CC=C(C)C(=O)OC1C(OC(C)=O)C23C(O)CC4(C)C5(C)CCC6C(C)(C)C(OC7OC(C(=O)O)C(O)C(OC8OC(CO)C(O)C(O)C8OC8OC(O)C(O)C(O)C8O)C7OC7CC(CO)C(O)C(O)C7O)CCC6(C)C5CCC4(OC2O)C3CC1(C)C. The molecule has 0 aromatic carbocycles. The highest BCUT2D eigenvalue weighted by atomic mass is 16.8. The molecular weight excluding hydrogens is 1180 g/mol. The Morgan fingerprint density at radius 2 is 1.22 bits per heavy atom. The third kappa shape index (κ3) is 10.6. The summed E-state index contributed by atoms with van der Waals surface area (Å²) in [5.74, 6) is -4.91. The second kappa shape index (κ2) is 24.5. The van der Waals surface area contributed by atoms with Gasteiger partial charge in [0, 0.05) is 41.8 Å². The molecule has 28 nitrogen and oxygen atoms in total. The first-order valence-corrected chi connectivity index (χ1v) is 31.4. The summed E-state index contributed by atoms with van der Waals surface area (Å²) in [4.78, 5) is 39.9. The van der Waals surface area contributed by atoms with E-state index >= 15 is 0 Å². The van der Waals surface area contributed by atoms with E-state index in [4.69, 9.17) is 47.4 Å². The van der Waals surface area contributed by atoms with Crippen LogP contribution in [0.1, 0.15) is 127 Å². The molecule has 10 aliphatic rings. The number of aliphatic hydroxyl groups excluding tert-OH is 14. The van der Waals surface area contributed by atoms with E-state index < -0.39 is 228 Å². The van der Waals surface area contributed by atoms with E-state index in [1.807, 2.05) is 27.7 Å². The van der Waals surface area contributed by atoms with Crippen LogP contribution in [-0.2, 0) is 61.8 Å². The Labute approximate surface area is 515 Å². The van der Waals surface area contributed by atoms with Crippen LogP contribution in [0.2, 0.25) is 0 Å². The molecule has 28 heteroatoms. The number of esters is 2. The van der Waals surface area contributed by atoms with Crippen molar-refractivity contribution in [3.05, 3.63) is 11.6 Å². The molecule has 6 aliphatic carbocycles. The Hall–Kier alpha value is -2.73. The number of carbonyl (C=O) groups excluding carboxylic acids is 2. The van der Waals surface area contributed by atoms with Crippen LogP contribution in [0.25, 0.3) is 0 Å². The Kier molecular flexibility index (Phi) is 19.0. The van der Waals surface area contributed by atoms with Gasteiger partial charge in [-0.3, -0.25) is 4.79 Å². The van der Waals surface area contributed by atoms with Crippen LogP contribution in [0, 0.1) is 56.2 Å². The van der Waals surface area contributed by atoms with E-state index in [2.05, 4.69) is 20.8 Å². The van der Waals surface area contributed by atoms with Gasteiger partial charge < -0.3 is 124 Å². The van der Waals surface area contributed by atoms with Crippen LogP contribution in [0.4, 0.5) is 0 Å². The summed E-state index contributed by atoms with van der Waals surface area (Å²) >= 11 is 0. The predicted molar refractivity (Wildman–Crippen MR) is 298 cm³/mol. The highest BCUT2D eigenvalue weighted by molar-refractivity contribution is 5.87. The summed E-state index contributed by atoms with van der Waals surface area (Å²) in [5, 5.41) is 167. The van der Waals surface area contributed by atoms with Crippen LogP contribution in [0.15, 0.2) is 11.6 Å². The number of hydrogen-bond acceptors (Lipinski definition) is 27. The van der Waals surface area contributed by atoms with Gasteiger partial charge in [0.2, 0.25) is 0 Å². The summed E-state index contributed by atoms with van der Waals surface area (Å²) in [5.41, 5.74) is -5.86. The number of aliphatic hydroxyl groups is 14. The average molecular weight is 1280 g/mol. The van der Waals surface area contributed by atoms with Crippen molar-refractivity contribution in [3.63, 3.8) is 0 Å². The van der Waals surface area contributed by atoms with Crippen molar-refractivity contribution < 1.29 is 138 Å². The number of aliphatic carboxylic acids is 1. The zero-order chi connectivity index (χ0) is 65.5. The molecule has 0 amide bonds. The van der Waals surface area contributed by atoms with Crippen molar-refractivity contribution in [1.29, 1.82) is 0 Å². The molecule has 1 spiro atoms.